The van der Waals surface area contributed by atoms with Crippen LogP contribution in [-0.4, -0.2) is 78.3 Å². The van der Waals surface area contributed by atoms with Crippen molar-refractivity contribution in [3.63, 3.8) is 0 Å². The first-order valence-electron chi connectivity index (χ1n) is 2.82. The van der Waals surface area contributed by atoms with Crippen LogP contribution in [0.2, 0.25) is 0 Å². The molecule has 0 radical (unpaired) electrons. The van der Waals surface area contributed by atoms with E-state index < -0.39 is 37.4 Å². The van der Waals surface area contributed by atoms with Crippen LogP contribution in [0.3, 0.4) is 0 Å². The molecule has 2 aliphatic rings. The van der Waals surface area contributed by atoms with Crippen LogP contribution in [0.1, 0.15) is 0 Å². The van der Waals surface area contributed by atoms with Crippen molar-refractivity contribution in [3.05, 3.63) is 0 Å². The Hall–Kier alpha value is 0.870. The van der Waals surface area contributed by atoms with Crippen molar-refractivity contribution in [2.24, 2.45) is 0 Å². The fourth-order valence-electron chi connectivity index (χ4n) is 0.568. The molecule has 0 aliphatic carbocycles. The van der Waals surface area contributed by atoms with E-state index in [-0.39, 0.29) is 37.7 Å². The van der Waals surface area contributed by atoms with Gasteiger partial charge in [-0.15, -0.1) is 0 Å². The summed E-state index contributed by atoms with van der Waals surface area (Å²) in [5.41, 5.74) is 0. The third-order valence-electron chi connectivity index (χ3n) is 0.816. The van der Waals surface area contributed by atoms with Crippen LogP contribution in [0.4, 0.5) is 0 Å². The minimum Gasteiger partial charge on any atom is -0.759 e. The van der Waals surface area contributed by atoms with Crippen molar-refractivity contribution in [2.45, 2.75) is 6.16 Å². The van der Waals surface area contributed by atoms with Crippen LogP contribution in [0.25, 0.3) is 0 Å². The molecule has 0 aromatic heterocycles. The molecule has 96 valence electrons. The summed E-state index contributed by atoms with van der Waals surface area (Å²) in [5.74, 6) is 0. The smallest absolute Gasteiger partial charge is 0.759 e. The van der Waals surface area contributed by atoms with Crippen LogP contribution >= 0.6 is 0 Å². The molecule has 16 heteroatoms. The molecule has 0 bridgehead atoms. The molecule has 0 amide bonds. The molecule has 0 atom stereocenters. The molecule has 0 aromatic carbocycles. The third kappa shape index (κ3) is 6.03. The van der Waals surface area contributed by atoms with Gasteiger partial charge < -0.3 is 9.11 Å². The van der Waals surface area contributed by atoms with E-state index in [0.29, 0.717) is 0 Å². The van der Waals surface area contributed by atoms with Gasteiger partial charge in [-0.25, -0.2) is 0 Å². The number of rotatable bonds is 0. The van der Waals surface area contributed by atoms with E-state index in [2.05, 4.69) is 16.7 Å². The van der Waals surface area contributed by atoms with E-state index in [1.807, 2.05) is 0 Å². The Kier molecular flexibility index (Phi) is 5.36. The van der Waals surface area contributed by atoms with Gasteiger partial charge in [0.2, 0.25) is 0 Å². The Morgan fingerprint density at radius 3 is 1.12 bits per heavy atom. The fourth-order valence-corrected chi connectivity index (χ4v) is 2.04. The summed E-state index contributed by atoms with van der Waals surface area (Å²) < 4.78 is 89.8. The van der Waals surface area contributed by atoms with Crippen LogP contribution < -0.4 is 0 Å². The predicted molar refractivity (Wildman–Crippen MR) is 41.1 cm³/mol. The first kappa shape index (κ1) is 17.9. The van der Waals surface area contributed by atoms with E-state index in [1.54, 1.807) is 0 Å². The second-order valence-electron chi connectivity index (χ2n) is 2.06. The normalized spacial score (nSPS) is 26.5. The molecule has 1 spiro atoms. The Labute approximate surface area is 125 Å². The third-order valence-corrected chi connectivity index (χ3v) is 2.45. The molecule has 2 aliphatic heterocycles. The van der Waals surface area contributed by atoms with E-state index in [1.165, 1.54) is 0 Å². The van der Waals surface area contributed by atoms with Crippen LogP contribution in [-0.2, 0) is 47.9 Å². The predicted octanol–water partition coefficient (Wildman–Crippen LogP) is -3.54. The first-order valence-corrected chi connectivity index (χ1v) is 6.82. The standard InChI is InChI=1S/CO8S2.Ca.H2O4S/c2-10(3)6-1(7-10)8-11(4,5)9-1;;1-5(2,3)4/h;;(H2,1,2,3,4)/q;+2;/p-2. The average molecular weight is 340 g/mol. The molecule has 0 unspecified atom stereocenters. The van der Waals surface area contributed by atoms with Crippen molar-refractivity contribution < 1.29 is 51.1 Å². The molecule has 2 rings (SSSR count). The summed E-state index contributed by atoms with van der Waals surface area (Å²) >= 11 is 0. The van der Waals surface area contributed by atoms with E-state index in [0.717, 1.165) is 0 Å². The summed E-state index contributed by atoms with van der Waals surface area (Å²) in [5, 5.41) is 0. The fraction of sp³-hybridized carbons (Fsp3) is 1.00. The van der Waals surface area contributed by atoms with E-state index >= 15 is 0 Å². The monoisotopic (exact) mass is 340 g/mol. The minimum atomic E-state index is -5.17. The van der Waals surface area contributed by atoms with Crippen molar-refractivity contribution in [3.8, 4) is 0 Å². The second-order valence-corrected chi connectivity index (χ2v) is 5.17. The number of hydrogen-bond donors (Lipinski definition) is 0. The van der Waals surface area contributed by atoms with Gasteiger partial charge in [-0.1, -0.05) is 0 Å². The average Bonchev–Trinajstić information content (AvgIpc) is 1.71. The summed E-state index contributed by atoms with van der Waals surface area (Å²) in [4.78, 5) is 0. The maximum atomic E-state index is 10.1. The number of hydrogen-bond acceptors (Lipinski definition) is 12. The van der Waals surface area contributed by atoms with Crippen molar-refractivity contribution >= 4 is 68.9 Å². The Balaban J connectivity index is 0.000000373. The Morgan fingerprint density at radius 2 is 1.00 bits per heavy atom. The van der Waals surface area contributed by atoms with Crippen molar-refractivity contribution in [2.75, 3.05) is 0 Å². The van der Waals surface area contributed by atoms with Crippen LogP contribution in [0, 0.1) is 0 Å². The molecule has 2 saturated heterocycles. The van der Waals surface area contributed by atoms with Gasteiger partial charge in [0, 0.05) is 10.4 Å². The van der Waals surface area contributed by atoms with Crippen LogP contribution in [0.15, 0.2) is 0 Å². The van der Waals surface area contributed by atoms with E-state index in [4.69, 9.17) is 17.5 Å². The molecule has 2 fully saturated rings. The van der Waals surface area contributed by atoms with Crippen LogP contribution in [0.5, 0.6) is 0 Å². The SMILES string of the molecule is O=S(=O)([O-])[O-].O=S1(=O)OC2(O1)OS(=O)(=O)O2.[Ca+2]. The maximum Gasteiger partial charge on any atom is 2.00 e. The molecule has 2 heterocycles. The van der Waals surface area contributed by atoms with Gasteiger partial charge in [-0.2, -0.15) is 33.6 Å². The topological polar surface area (TPSA) is 185 Å². The second kappa shape index (κ2) is 5.10. The Morgan fingerprint density at radius 1 is 0.824 bits per heavy atom. The van der Waals surface area contributed by atoms with Gasteiger partial charge in [-0.05, 0) is 0 Å². The quantitative estimate of drug-likeness (QED) is 0.240. The van der Waals surface area contributed by atoms with Crippen molar-refractivity contribution in [1.82, 2.24) is 0 Å². The maximum absolute atomic E-state index is 10.1. The molecule has 17 heavy (non-hydrogen) atoms. The summed E-state index contributed by atoms with van der Waals surface area (Å²) in [6.07, 6.45) is -2.36. The van der Waals surface area contributed by atoms with E-state index in [9.17, 15) is 16.8 Å². The van der Waals surface area contributed by atoms with Gasteiger partial charge in [0.25, 0.3) is 0 Å². The summed E-state index contributed by atoms with van der Waals surface area (Å²) in [7, 11) is -13.4. The van der Waals surface area contributed by atoms with Crippen molar-refractivity contribution in [1.29, 1.82) is 0 Å². The first-order chi connectivity index (χ1) is 6.83. The zero-order chi connectivity index (χ0) is 12.8. The zero-order valence-electron chi connectivity index (χ0n) is 7.33. The zero-order valence-corrected chi connectivity index (χ0v) is 12.0. The van der Waals surface area contributed by atoms with Gasteiger partial charge in [0.05, 0.1) is 0 Å². The van der Waals surface area contributed by atoms with Gasteiger partial charge >= 0.3 is 64.7 Å². The van der Waals surface area contributed by atoms with Gasteiger partial charge in [-0.3, -0.25) is 8.42 Å². The molecular formula is CCaO12S3. The Bertz CT molecular complexity index is 502. The molecule has 0 saturated carbocycles. The summed E-state index contributed by atoms with van der Waals surface area (Å²) in [6.45, 7) is 0. The molecule has 0 aromatic rings. The molecule has 0 N–H and O–H groups in total. The summed E-state index contributed by atoms with van der Waals surface area (Å²) in [6, 6.07) is 0. The minimum absolute atomic E-state index is 0. The molecular weight excluding hydrogens is 340 g/mol. The van der Waals surface area contributed by atoms with Gasteiger partial charge in [0.15, 0.2) is 0 Å². The van der Waals surface area contributed by atoms with Gasteiger partial charge in [0.1, 0.15) is 0 Å². The largest absolute Gasteiger partial charge is 2.00 e. The molecule has 12 nitrogen and oxygen atoms in total.